The van der Waals surface area contributed by atoms with Gasteiger partial charge in [0.15, 0.2) is 9.84 Å². The molecule has 1 aromatic heterocycles. The van der Waals surface area contributed by atoms with Gasteiger partial charge in [0.25, 0.3) is 5.91 Å². The van der Waals surface area contributed by atoms with Crippen LogP contribution in [0, 0.1) is 0 Å². The van der Waals surface area contributed by atoms with Crippen LogP contribution in [-0.4, -0.2) is 65.7 Å². The van der Waals surface area contributed by atoms with Crippen LogP contribution in [0.25, 0.3) is 11.4 Å². The van der Waals surface area contributed by atoms with Gasteiger partial charge in [-0.05, 0) is 62.4 Å². The number of nitrogens with zero attached hydrogens (tertiary/aromatic N) is 4. The van der Waals surface area contributed by atoms with E-state index >= 15 is 0 Å². The summed E-state index contributed by atoms with van der Waals surface area (Å²) in [6.07, 6.45) is 0. The third-order valence-electron chi connectivity index (χ3n) is 5.64. The smallest absolute Gasteiger partial charge is 0.253 e. The van der Waals surface area contributed by atoms with Crippen LogP contribution in [0.5, 0.6) is 0 Å². The Balaban J connectivity index is 1.32. The molecule has 0 N–H and O–H groups in total. The van der Waals surface area contributed by atoms with Crippen molar-refractivity contribution in [2.75, 3.05) is 26.2 Å². The normalized spacial score (nSPS) is 15.2. The van der Waals surface area contributed by atoms with Crippen LogP contribution < -0.4 is 0 Å². The number of carbonyl (C=O) groups is 1. The lowest BCUT2D eigenvalue weighted by Gasteiger charge is -2.34. The quantitative estimate of drug-likeness (QED) is 0.523. The fraction of sp³-hybridized carbons (Fsp3) is 0.348. The first-order valence-corrected chi connectivity index (χ1v) is 12.6. The summed E-state index contributed by atoms with van der Waals surface area (Å²) in [4.78, 5) is 21.5. The van der Waals surface area contributed by atoms with Gasteiger partial charge >= 0.3 is 0 Å². The molecule has 0 atom stereocenters. The highest BCUT2D eigenvalue weighted by atomic mass is 35.5. The van der Waals surface area contributed by atoms with Crippen molar-refractivity contribution in [1.29, 1.82) is 0 Å². The third kappa shape index (κ3) is 5.26. The van der Waals surface area contributed by atoms with Gasteiger partial charge in [0.2, 0.25) is 11.7 Å². The molecule has 0 bridgehead atoms. The summed E-state index contributed by atoms with van der Waals surface area (Å²) in [6, 6.07) is 13.4. The van der Waals surface area contributed by atoms with E-state index in [1.165, 1.54) is 12.1 Å². The van der Waals surface area contributed by atoms with Crippen molar-refractivity contribution in [3.8, 4) is 11.4 Å². The van der Waals surface area contributed by atoms with Crippen molar-refractivity contribution >= 4 is 27.3 Å². The molecule has 1 fully saturated rings. The van der Waals surface area contributed by atoms with Gasteiger partial charge in [-0.1, -0.05) is 16.8 Å². The predicted molar refractivity (Wildman–Crippen MR) is 125 cm³/mol. The predicted octanol–water partition coefficient (Wildman–Crippen LogP) is 3.53. The Hall–Kier alpha value is -2.75. The number of halogens is 1. The SMILES string of the molecule is CC(C)S(=O)(=O)c1ccc(C(=O)N2CCN(Cc3nc(-c4ccc(Cl)cc4)no3)CC2)cc1. The maximum Gasteiger partial charge on any atom is 0.253 e. The second kappa shape index (κ2) is 9.62. The minimum Gasteiger partial charge on any atom is -0.338 e. The first kappa shape index (κ1) is 23.4. The average Bonchev–Trinajstić information content (AvgIpc) is 3.28. The summed E-state index contributed by atoms with van der Waals surface area (Å²) in [5.41, 5.74) is 1.31. The number of amides is 1. The molecule has 174 valence electrons. The van der Waals surface area contributed by atoms with Crippen LogP contribution in [0.15, 0.2) is 57.9 Å². The van der Waals surface area contributed by atoms with Gasteiger partial charge in [-0.15, -0.1) is 0 Å². The van der Waals surface area contributed by atoms with Crippen molar-refractivity contribution < 1.29 is 17.7 Å². The zero-order valence-corrected chi connectivity index (χ0v) is 20.0. The number of hydrogen-bond donors (Lipinski definition) is 0. The molecular weight excluding hydrogens is 464 g/mol. The molecule has 4 rings (SSSR count). The Kier molecular flexibility index (Phi) is 6.83. The molecule has 0 unspecified atom stereocenters. The number of aromatic nitrogens is 2. The maximum atomic E-state index is 12.9. The van der Waals surface area contributed by atoms with E-state index in [9.17, 15) is 13.2 Å². The first-order chi connectivity index (χ1) is 15.7. The van der Waals surface area contributed by atoms with Crippen LogP contribution >= 0.6 is 11.6 Å². The van der Waals surface area contributed by atoms with Gasteiger partial charge in [-0.2, -0.15) is 4.98 Å². The van der Waals surface area contributed by atoms with Crippen LogP contribution in [0.2, 0.25) is 5.02 Å². The number of benzene rings is 2. The number of hydrogen-bond acceptors (Lipinski definition) is 7. The van der Waals surface area contributed by atoms with Crippen molar-refractivity contribution in [2.24, 2.45) is 0 Å². The van der Waals surface area contributed by atoms with E-state index in [2.05, 4.69) is 15.0 Å². The highest BCUT2D eigenvalue weighted by Gasteiger charge is 2.25. The standard InChI is InChI=1S/C23H25ClN4O4S/c1-16(2)33(30,31)20-9-5-18(6-10-20)23(29)28-13-11-27(12-14-28)15-21-25-22(26-32-21)17-3-7-19(24)8-4-17/h3-10,16H,11-15H2,1-2H3. The van der Waals surface area contributed by atoms with E-state index in [1.54, 1.807) is 43.0 Å². The Morgan fingerprint density at radius 2 is 1.67 bits per heavy atom. The number of rotatable bonds is 6. The van der Waals surface area contributed by atoms with Crippen LogP contribution in [0.1, 0.15) is 30.1 Å². The van der Waals surface area contributed by atoms with Crippen LogP contribution in [0.4, 0.5) is 0 Å². The number of piperazine rings is 1. The molecule has 10 heteroatoms. The Labute approximate surface area is 198 Å². The molecule has 0 radical (unpaired) electrons. The molecule has 1 amide bonds. The lowest BCUT2D eigenvalue weighted by molar-refractivity contribution is 0.0615. The minimum atomic E-state index is -3.36. The van der Waals surface area contributed by atoms with Gasteiger partial charge in [0.05, 0.1) is 16.7 Å². The minimum absolute atomic E-state index is 0.106. The van der Waals surface area contributed by atoms with Crippen molar-refractivity contribution in [1.82, 2.24) is 19.9 Å². The third-order valence-corrected chi connectivity index (χ3v) is 8.06. The molecule has 33 heavy (non-hydrogen) atoms. The fourth-order valence-electron chi connectivity index (χ4n) is 3.58. The maximum absolute atomic E-state index is 12.9. The highest BCUT2D eigenvalue weighted by Crippen LogP contribution is 2.20. The van der Waals surface area contributed by atoms with Crippen molar-refractivity contribution in [3.63, 3.8) is 0 Å². The number of carbonyl (C=O) groups excluding carboxylic acids is 1. The zero-order valence-electron chi connectivity index (χ0n) is 18.4. The average molecular weight is 489 g/mol. The van der Waals surface area contributed by atoms with E-state index in [0.717, 1.165) is 5.56 Å². The Morgan fingerprint density at radius 3 is 2.27 bits per heavy atom. The summed E-state index contributed by atoms with van der Waals surface area (Å²) in [5, 5.41) is 4.17. The Morgan fingerprint density at radius 1 is 1.03 bits per heavy atom. The molecule has 0 aliphatic carbocycles. The largest absolute Gasteiger partial charge is 0.338 e. The Bertz CT molecular complexity index is 1220. The van der Waals surface area contributed by atoms with Gasteiger partial charge in [0, 0.05) is 42.3 Å². The van der Waals surface area contributed by atoms with Gasteiger partial charge in [-0.25, -0.2) is 8.42 Å². The monoisotopic (exact) mass is 488 g/mol. The molecule has 8 nitrogen and oxygen atoms in total. The van der Waals surface area contributed by atoms with Crippen LogP contribution in [0.3, 0.4) is 0 Å². The molecule has 3 aromatic rings. The summed E-state index contributed by atoms with van der Waals surface area (Å²) < 4.78 is 29.9. The fourth-order valence-corrected chi connectivity index (χ4v) is 4.76. The van der Waals surface area contributed by atoms with Gasteiger partial charge in [0.1, 0.15) is 0 Å². The summed E-state index contributed by atoms with van der Waals surface area (Å²) >= 11 is 5.92. The highest BCUT2D eigenvalue weighted by molar-refractivity contribution is 7.92. The van der Waals surface area contributed by atoms with Crippen molar-refractivity contribution in [3.05, 3.63) is 65.0 Å². The van der Waals surface area contributed by atoms with E-state index in [-0.39, 0.29) is 10.8 Å². The zero-order chi connectivity index (χ0) is 23.6. The number of sulfone groups is 1. The lowest BCUT2D eigenvalue weighted by atomic mass is 10.2. The lowest BCUT2D eigenvalue weighted by Crippen LogP contribution is -2.48. The summed E-state index contributed by atoms with van der Waals surface area (Å²) in [7, 11) is -3.36. The molecular formula is C23H25ClN4O4S. The second-order valence-corrected chi connectivity index (χ2v) is 11.1. The molecule has 0 saturated carbocycles. The van der Waals surface area contributed by atoms with E-state index in [0.29, 0.717) is 55.0 Å². The molecule has 1 saturated heterocycles. The van der Waals surface area contributed by atoms with Crippen LogP contribution in [-0.2, 0) is 16.4 Å². The summed E-state index contributed by atoms with van der Waals surface area (Å²) in [5.74, 6) is 0.922. The first-order valence-electron chi connectivity index (χ1n) is 10.7. The molecule has 1 aliphatic heterocycles. The molecule has 2 heterocycles. The van der Waals surface area contributed by atoms with E-state index < -0.39 is 15.1 Å². The van der Waals surface area contributed by atoms with Gasteiger partial charge < -0.3 is 9.42 Å². The molecule has 1 aliphatic rings. The molecule has 0 spiro atoms. The van der Waals surface area contributed by atoms with Gasteiger partial charge in [-0.3, -0.25) is 9.69 Å². The van der Waals surface area contributed by atoms with E-state index in [1.807, 2.05) is 12.1 Å². The van der Waals surface area contributed by atoms with E-state index in [4.69, 9.17) is 16.1 Å². The molecule has 2 aromatic carbocycles. The summed E-state index contributed by atoms with van der Waals surface area (Å²) in [6.45, 7) is 6.24. The topological polar surface area (TPSA) is 96.6 Å². The van der Waals surface area contributed by atoms with Crippen molar-refractivity contribution in [2.45, 2.75) is 30.5 Å². The second-order valence-electron chi connectivity index (χ2n) is 8.21.